The minimum atomic E-state index is -0.194. The normalized spacial score (nSPS) is 25.1. The Morgan fingerprint density at radius 1 is 0.971 bits per heavy atom. The van der Waals surface area contributed by atoms with E-state index in [1.807, 2.05) is 18.2 Å². The van der Waals surface area contributed by atoms with Gasteiger partial charge in [0.25, 0.3) is 0 Å². The fourth-order valence-corrected chi connectivity index (χ4v) is 5.61. The molecule has 2 aliphatic heterocycles. The van der Waals surface area contributed by atoms with Crippen LogP contribution in [0.1, 0.15) is 38.2 Å². The number of anilines is 2. The predicted molar refractivity (Wildman–Crippen MR) is 138 cm³/mol. The Hall–Kier alpha value is -3.25. The predicted octanol–water partition coefficient (Wildman–Crippen LogP) is 5.29. The van der Waals surface area contributed by atoms with E-state index in [1.54, 1.807) is 12.4 Å². The minimum absolute atomic E-state index is 0.0298. The van der Waals surface area contributed by atoms with Gasteiger partial charge in [0.1, 0.15) is 0 Å². The zero-order chi connectivity index (χ0) is 23.4. The van der Waals surface area contributed by atoms with Crippen molar-refractivity contribution in [3.05, 3.63) is 84.7 Å². The molecule has 34 heavy (non-hydrogen) atoms. The Balaban J connectivity index is 1.35. The highest BCUT2D eigenvalue weighted by Crippen LogP contribution is 2.45. The first kappa shape index (κ1) is 22.5. The Morgan fingerprint density at radius 2 is 1.74 bits per heavy atom. The number of hydrazine groups is 1. The maximum Gasteiger partial charge on any atom is 0.344 e. The molecule has 0 unspecified atom stereocenters. The summed E-state index contributed by atoms with van der Waals surface area (Å²) >= 11 is 0. The summed E-state index contributed by atoms with van der Waals surface area (Å²) in [6.07, 6.45) is 12.0. The lowest BCUT2D eigenvalue weighted by Gasteiger charge is -2.51. The van der Waals surface area contributed by atoms with Gasteiger partial charge in [-0.15, -0.1) is 0 Å². The molecule has 0 radical (unpaired) electrons. The van der Waals surface area contributed by atoms with Crippen molar-refractivity contribution in [3.8, 4) is 0 Å². The van der Waals surface area contributed by atoms with Crippen LogP contribution in [0.5, 0.6) is 0 Å². The Kier molecular flexibility index (Phi) is 6.59. The van der Waals surface area contributed by atoms with Gasteiger partial charge in [0.2, 0.25) is 0 Å². The van der Waals surface area contributed by atoms with Crippen LogP contribution in [-0.2, 0) is 5.54 Å². The van der Waals surface area contributed by atoms with Crippen LogP contribution in [0.25, 0.3) is 0 Å². The standard InChI is InChI=1S/C28H35N5O/c1-23-12-14-28(15-13-23,32-20-18-31(19-21-32)26-10-3-2-4-11-26)24-8-7-9-25(22-24)30-27(34)33-17-6-5-16-29-33/h2-11,16-17,22-23,29H,12-15,18-21H2,1H3,(H,30,34). The molecule has 1 saturated heterocycles. The maximum absolute atomic E-state index is 12.7. The molecule has 0 spiro atoms. The molecule has 2 heterocycles. The quantitative estimate of drug-likeness (QED) is 0.655. The molecule has 5 rings (SSSR count). The topological polar surface area (TPSA) is 50.9 Å². The van der Waals surface area contributed by atoms with Crippen molar-refractivity contribution in [2.75, 3.05) is 36.4 Å². The molecule has 1 saturated carbocycles. The molecule has 2 N–H and O–H groups in total. The molecular weight excluding hydrogens is 422 g/mol. The van der Waals surface area contributed by atoms with E-state index < -0.39 is 0 Å². The number of nitrogens with zero attached hydrogens (tertiary/aromatic N) is 3. The van der Waals surface area contributed by atoms with Gasteiger partial charge in [0.15, 0.2) is 0 Å². The molecule has 6 heteroatoms. The lowest BCUT2D eigenvalue weighted by atomic mass is 9.71. The first-order valence-corrected chi connectivity index (χ1v) is 12.5. The number of amides is 2. The van der Waals surface area contributed by atoms with E-state index in [-0.39, 0.29) is 11.6 Å². The van der Waals surface area contributed by atoms with E-state index in [2.05, 4.69) is 76.0 Å². The first-order valence-electron chi connectivity index (χ1n) is 12.5. The molecule has 3 aliphatic rings. The molecule has 1 aliphatic carbocycles. The van der Waals surface area contributed by atoms with E-state index in [9.17, 15) is 4.79 Å². The fraction of sp³-hybridized carbons (Fsp3) is 0.393. The average molecular weight is 458 g/mol. The van der Waals surface area contributed by atoms with Crippen LogP contribution >= 0.6 is 0 Å². The molecule has 6 nitrogen and oxygen atoms in total. The second kappa shape index (κ2) is 9.94. The van der Waals surface area contributed by atoms with Crippen LogP contribution in [0.3, 0.4) is 0 Å². The Labute approximate surface area is 202 Å². The van der Waals surface area contributed by atoms with Crippen molar-refractivity contribution in [1.29, 1.82) is 0 Å². The van der Waals surface area contributed by atoms with Gasteiger partial charge in [0, 0.05) is 55.5 Å². The zero-order valence-corrected chi connectivity index (χ0v) is 20.0. The summed E-state index contributed by atoms with van der Waals surface area (Å²) in [5.74, 6) is 0.770. The number of nitrogens with one attached hydrogen (secondary N) is 2. The van der Waals surface area contributed by atoms with Gasteiger partial charge in [-0.1, -0.05) is 37.3 Å². The third-order valence-corrected chi connectivity index (χ3v) is 7.63. The third-order valence-electron chi connectivity index (χ3n) is 7.63. The first-order chi connectivity index (χ1) is 16.6. The van der Waals surface area contributed by atoms with Crippen molar-refractivity contribution in [1.82, 2.24) is 15.3 Å². The molecule has 0 aromatic heterocycles. The van der Waals surface area contributed by atoms with E-state index in [0.29, 0.717) is 0 Å². The number of rotatable bonds is 4. The Bertz CT molecular complexity index is 1030. The van der Waals surface area contributed by atoms with E-state index >= 15 is 0 Å². The third kappa shape index (κ3) is 4.68. The van der Waals surface area contributed by atoms with Crippen molar-refractivity contribution >= 4 is 17.4 Å². The Morgan fingerprint density at radius 3 is 2.44 bits per heavy atom. The van der Waals surface area contributed by atoms with Gasteiger partial charge in [-0.3, -0.25) is 10.3 Å². The van der Waals surface area contributed by atoms with E-state index in [1.165, 1.54) is 29.1 Å². The average Bonchev–Trinajstić information content (AvgIpc) is 2.91. The number of carbonyl (C=O) groups is 1. The molecule has 2 fully saturated rings. The summed E-state index contributed by atoms with van der Waals surface area (Å²) in [6, 6.07) is 19.1. The monoisotopic (exact) mass is 457 g/mol. The minimum Gasteiger partial charge on any atom is -0.369 e. The fourth-order valence-electron chi connectivity index (χ4n) is 5.61. The number of benzene rings is 2. The summed E-state index contributed by atoms with van der Waals surface area (Å²) in [5, 5.41) is 4.51. The molecule has 178 valence electrons. The molecule has 2 aromatic carbocycles. The molecule has 2 amide bonds. The van der Waals surface area contributed by atoms with Crippen LogP contribution in [0.15, 0.2) is 79.1 Å². The van der Waals surface area contributed by atoms with Crippen LogP contribution in [-0.4, -0.2) is 42.1 Å². The number of hydrogen-bond donors (Lipinski definition) is 2. The number of hydrogen-bond acceptors (Lipinski definition) is 4. The smallest absolute Gasteiger partial charge is 0.344 e. The van der Waals surface area contributed by atoms with E-state index in [4.69, 9.17) is 0 Å². The number of piperazine rings is 1. The lowest BCUT2D eigenvalue weighted by Crippen LogP contribution is -2.56. The van der Waals surface area contributed by atoms with E-state index in [0.717, 1.165) is 50.6 Å². The largest absolute Gasteiger partial charge is 0.369 e. The van der Waals surface area contributed by atoms with Crippen LogP contribution in [0.4, 0.5) is 16.2 Å². The van der Waals surface area contributed by atoms with Crippen molar-refractivity contribution in [2.24, 2.45) is 5.92 Å². The number of urea groups is 1. The summed E-state index contributed by atoms with van der Waals surface area (Å²) in [5.41, 5.74) is 6.45. The highest BCUT2D eigenvalue weighted by molar-refractivity contribution is 5.90. The SMILES string of the molecule is CC1CCC(c2cccc(NC(=O)N3C=CC=CN3)c2)(N2CCN(c3ccccc3)CC2)CC1. The van der Waals surface area contributed by atoms with Gasteiger partial charge >= 0.3 is 6.03 Å². The van der Waals surface area contributed by atoms with Gasteiger partial charge in [-0.05, 0) is 73.6 Å². The molecule has 2 aromatic rings. The van der Waals surface area contributed by atoms with Gasteiger partial charge in [0.05, 0.1) is 0 Å². The highest BCUT2D eigenvalue weighted by Gasteiger charge is 2.42. The van der Waals surface area contributed by atoms with Gasteiger partial charge in [-0.25, -0.2) is 9.80 Å². The molecular formula is C28H35N5O. The summed E-state index contributed by atoms with van der Waals surface area (Å²) in [4.78, 5) is 17.9. The van der Waals surface area contributed by atoms with Crippen molar-refractivity contribution in [3.63, 3.8) is 0 Å². The molecule has 0 atom stereocenters. The molecule has 0 bridgehead atoms. The summed E-state index contributed by atoms with van der Waals surface area (Å²) in [6.45, 7) is 6.56. The van der Waals surface area contributed by atoms with Crippen LogP contribution < -0.4 is 15.6 Å². The van der Waals surface area contributed by atoms with Crippen molar-refractivity contribution < 1.29 is 4.79 Å². The summed E-state index contributed by atoms with van der Waals surface area (Å²) < 4.78 is 0. The number of para-hydroxylation sites is 1. The highest BCUT2D eigenvalue weighted by atomic mass is 16.2. The number of allylic oxidation sites excluding steroid dienone is 2. The maximum atomic E-state index is 12.7. The second-order valence-corrected chi connectivity index (χ2v) is 9.73. The van der Waals surface area contributed by atoms with Crippen molar-refractivity contribution in [2.45, 2.75) is 38.1 Å². The lowest BCUT2D eigenvalue weighted by molar-refractivity contribution is 0.0299. The van der Waals surface area contributed by atoms with Gasteiger partial charge < -0.3 is 10.2 Å². The van der Waals surface area contributed by atoms with Crippen LogP contribution in [0.2, 0.25) is 0 Å². The zero-order valence-electron chi connectivity index (χ0n) is 20.0. The second-order valence-electron chi connectivity index (χ2n) is 9.73. The van der Waals surface area contributed by atoms with Crippen LogP contribution in [0, 0.1) is 5.92 Å². The summed E-state index contributed by atoms with van der Waals surface area (Å²) in [7, 11) is 0. The van der Waals surface area contributed by atoms with Gasteiger partial charge in [-0.2, -0.15) is 0 Å². The number of carbonyl (C=O) groups excluding carboxylic acids is 1.